The van der Waals surface area contributed by atoms with Gasteiger partial charge < -0.3 is 5.11 Å². The van der Waals surface area contributed by atoms with Gasteiger partial charge in [-0.2, -0.15) is 0 Å². The lowest BCUT2D eigenvalue weighted by molar-refractivity contribution is -0.138. The van der Waals surface area contributed by atoms with Crippen molar-refractivity contribution in [2.24, 2.45) is 0 Å². The highest BCUT2D eigenvalue weighted by Crippen LogP contribution is 2.25. The second-order valence-electron chi connectivity index (χ2n) is 5.19. The van der Waals surface area contributed by atoms with Crippen molar-refractivity contribution in [3.8, 4) is 0 Å². The molecule has 0 saturated carbocycles. The number of carbonyl (C=O) groups is 1. The molecule has 2 heteroatoms. The minimum absolute atomic E-state index is 0.508. The molecule has 0 amide bonds. The first-order chi connectivity index (χ1) is 10.2. The van der Waals surface area contributed by atoms with Crippen molar-refractivity contribution in [2.75, 3.05) is 0 Å². The number of fused-ring (bicyclic) bond motifs is 1. The first-order valence-corrected chi connectivity index (χ1v) is 6.99. The van der Waals surface area contributed by atoms with Crippen molar-refractivity contribution >= 4 is 16.7 Å². The molecule has 0 heterocycles. The third-order valence-electron chi connectivity index (χ3n) is 3.76. The Labute approximate surface area is 123 Å². The fourth-order valence-electron chi connectivity index (χ4n) is 2.62. The van der Waals surface area contributed by atoms with Crippen LogP contribution >= 0.6 is 0 Å². The van der Waals surface area contributed by atoms with Gasteiger partial charge in [0.1, 0.15) is 0 Å². The Morgan fingerprint density at radius 3 is 2.24 bits per heavy atom. The molecule has 0 aliphatic rings. The van der Waals surface area contributed by atoms with Gasteiger partial charge in [0.15, 0.2) is 0 Å². The highest BCUT2D eigenvalue weighted by atomic mass is 16.4. The molecule has 1 atom stereocenters. The SMILES string of the molecule is O=C(O)C(Cc1ccccc1)c1ccc2ccccc2c1. The van der Waals surface area contributed by atoms with Gasteiger partial charge in [-0.1, -0.05) is 72.8 Å². The Hall–Kier alpha value is -2.61. The summed E-state index contributed by atoms with van der Waals surface area (Å²) in [6.07, 6.45) is 0.508. The van der Waals surface area contributed by atoms with E-state index in [9.17, 15) is 9.90 Å². The van der Waals surface area contributed by atoms with E-state index >= 15 is 0 Å². The van der Waals surface area contributed by atoms with Crippen LogP contribution in [-0.4, -0.2) is 11.1 Å². The summed E-state index contributed by atoms with van der Waals surface area (Å²) < 4.78 is 0. The lowest BCUT2D eigenvalue weighted by Gasteiger charge is -2.14. The molecule has 21 heavy (non-hydrogen) atoms. The minimum atomic E-state index is -0.783. The summed E-state index contributed by atoms with van der Waals surface area (Å²) in [7, 11) is 0. The maximum absolute atomic E-state index is 11.6. The number of rotatable bonds is 4. The van der Waals surface area contributed by atoms with E-state index in [1.165, 1.54) is 0 Å². The Morgan fingerprint density at radius 2 is 1.52 bits per heavy atom. The summed E-state index contributed by atoms with van der Waals surface area (Å²) in [6.45, 7) is 0. The zero-order chi connectivity index (χ0) is 14.7. The van der Waals surface area contributed by atoms with E-state index in [1.807, 2.05) is 72.8 Å². The number of hydrogen-bond donors (Lipinski definition) is 1. The average Bonchev–Trinajstić information content (AvgIpc) is 2.53. The fourth-order valence-corrected chi connectivity index (χ4v) is 2.62. The summed E-state index contributed by atoms with van der Waals surface area (Å²) in [5.74, 6) is -1.30. The number of carboxylic acids is 1. The van der Waals surface area contributed by atoms with Crippen LogP contribution in [0.3, 0.4) is 0 Å². The molecule has 0 aromatic heterocycles. The topological polar surface area (TPSA) is 37.3 Å². The van der Waals surface area contributed by atoms with E-state index in [0.717, 1.165) is 21.9 Å². The lowest BCUT2D eigenvalue weighted by atomic mass is 9.90. The Balaban J connectivity index is 1.97. The Kier molecular flexibility index (Phi) is 3.69. The van der Waals surface area contributed by atoms with Gasteiger partial charge in [-0.25, -0.2) is 0 Å². The minimum Gasteiger partial charge on any atom is -0.481 e. The Morgan fingerprint density at radius 1 is 0.857 bits per heavy atom. The van der Waals surface area contributed by atoms with Crippen LogP contribution in [-0.2, 0) is 11.2 Å². The second-order valence-corrected chi connectivity index (χ2v) is 5.19. The van der Waals surface area contributed by atoms with Gasteiger partial charge in [0.25, 0.3) is 0 Å². The molecular formula is C19H16O2. The first-order valence-electron chi connectivity index (χ1n) is 6.99. The molecule has 2 nitrogen and oxygen atoms in total. The molecule has 1 unspecified atom stereocenters. The first kappa shape index (κ1) is 13.4. The van der Waals surface area contributed by atoms with Crippen LogP contribution in [0.1, 0.15) is 17.0 Å². The van der Waals surface area contributed by atoms with Crippen LogP contribution in [0.5, 0.6) is 0 Å². The number of carboxylic acid groups (broad SMARTS) is 1. The average molecular weight is 276 g/mol. The molecule has 0 radical (unpaired) electrons. The smallest absolute Gasteiger partial charge is 0.311 e. The van der Waals surface area contributed by atoms with E-state index in [-0.39, 0.29) is 0 Å². The predicted octanol–water partition coefficient (Wildman–Crippen LogP) is 4.25. The van der Waals surface area contributed by atoms with Gasteiger partial charge in [0, 0.05) is 0 Å². The third-order valence-corrected chi connectivity index (χ3v) is 3.76. The fraction of sp³-hybridized carbons (Fsp3) is 0.105. The molecule has 104 valence electrons. The van der Waals surface area contributed by atoms with Gasteiger partial charge >= 0.3 is 5.97 Å². The van der Waals surface area contributed by atoms with Crippen LogP contribution in [0.4, 0.5) is 0 Å². The summed E-state index contributed by atoms with van der Waals surface area (Å²) >= 11 is 0. The number of benzene rings is 3. The molecular weight excluding hydrogens is 260 g/mol. The molecule has 3 aromatic carbocycles. The molecule has 3 rings (SSSR count). The van der Waals surface area contributed by atoms with Gasteiger partial charge in [-0.15, -0.1) is 0 Å². The molecule has 0 bridgehead atoms. The van der Waals surface area contributed by atoms with Gasteiger partial charge in [-0.3, -0.25) is 4.79 Å². The van der Waals surface area contributed by atoms with Crippen molar-refractivity contribution in [1.82, 2.24) is 0 Å². The quantitative estimate of drug-likeness (QED) is 0.773. The highest BCUT2D eigenvalue weighted by molar-refractivity contribution is 5.85. The molecule has 0 saturated heterocycles. The van der Waals surface area contributed by atoms with Crippen LogP contribution < -0.4 is 0 Å². The van der Waals surface area contributed by atoms with Gasteiger partial charge in [0.2, 0.25) is 0 Å². The van der Waals surface area contributed by atoms with Crippen molar-refractivity contribution in [1.29, 1.82) is 0 Å². The maximum Gasteiger partial charge on any atom is 0.311 e. The second kappa shape index (κ2) is 5.80. The molecule has 0 aliphatic heterocycles. The van der Waals surface area contributed by atoms with E-state index < -0.39 is 11.9 Å². The van der Waals surface area contributed by atoms with Crippen molar-refractivity contribution in [3.63, 3.8) is 0 Å². The van der Waals surface area contributed by atoms with E-state index in [4.69, 9.17) is 0 Å². The monoisotopic (exact) mass is 276 g/mol. The largest absolute Gasteiger partial charge is 0.481 e. The molecule has 0 spiro atoms. The number of aliphatic carboxylic acids is 1. The van der Waals surface area contributed by atoms with Gasteiger partial charge in [-0.05, 0) is 28.3 Å². The zero-order valence-electron chi connectivity index (χ0n) is 11.6. The van der Waals surface area contributed by atoms with E-state index in [1.54, 1.807) is 0 Å². The maximum atomic E-state index is 11.6. The van der Waals surface area contributed by atoms with E-state index in [2.05, 4.69) is 0 Å². The third kappa shape index (κ3) is 2.95. The Bertz CT molecular complexity index is 763. The lowest BCUT2D eigenvalue weighted by Crippen LogP contribution is -2.14. The molecule has 1 N–H and O–H groups in total. The summed E-state index contributed by atoms with van der Waals surface area (Å²) in [6, 6.07) is 23.7. The number of hydrogen-bond acceptors (Lipinski definition) is 1. The van der Waals surface area contributed by atoms with Crippen molar-refractivity contribution in [3.05, 3.63) is 83.9 Å². The van der Waals surface area contributed by atoms with E-state index in [0.29, 0.717) is 6.42 Å². The van der Waals surface area contributed by atoms with Crippen molar-refractivity contribution < 1.29 is 9.90 Å². The summed E-state index contributed by atoms with van der Waals surface area (Å²) in [4.78, 5) is 11.6. The van der Waals surface area contributed by atoms with Crippen LogP contribution in [0.15, 0.2) is 72.8 Å². The predicted molar refractivity (Wildman–Crippen MR) is 84.5 cm³/mol. The molecule has 0 aliphatic carbocycles. The molecule has 3 aromatic rings. The van der Waals surface area contributed by atoms with Crippen LogP contribution in [0, 0.1) is 0 Å². The van der Waals surface area contributed by atoms with Gasteiger partial charge in [0.05, 0.1) is 5.92 Å². The van der Waals surface area contributed by atoms with Crippen LogP contribution in [0.25, 0.3) is 10.8 Å². The van der Waals surface area contributed by atoms with Crippen molar-refractivity contribution in [2.45, 2.75) is 12.3 Å². The summed E-state index contributed by atoms with van der Waals surface area (Å²) in [5, 5.41) is 11.8. The normalized spacial score (nSPS) is 12.2. The molecule has 0 fully saturated rings. The zero-order valence-corrected chi connectivity index (χ0v) is 11.6. The summed E-state index contributed by atoms with van der Waals surface area (Å²) in [5.41, 5.74) is 1.89. The van der Waals surface area contributed by atoms with Crippen LogP contribution in [0.2, 0.25) is 0 Å². The standard InChI is InChI=1S/C19H16O2/c20-19(21)18(12-14-6-2-1-3-7-14)17-11-10-15-8-4-5-9-16(15)13-17/h1-11,13,18H,12H2,(H,20,21). The highest BCUT2D eigenvalue weighted by Gasteiger charge is 2.20.